The van der Waals surface area contributed by atoms with Crippen molar-refractivity contribution in [1.82, 2.24) is 10.3 Å². The van der Waals surface area contributed by atoms with Gasteiger partial charge in [0.05, 0.1) is 6.54 Å². The highest BCUT2D eigenvalue weighted by atomic mass is 16.1. The Morgan fingerprint density at radius 2 is 2.16 bits per heavy atom. The Morgan fingerprint density at radius 1 is 1.37 bits per heavy atom. The van der Waals surface area contributed by atoms with Crippen LogP contribution in [0, 0.1) is 0 Å². The summed E-state index contributed by atoms with van der Waals surface area (Å²) in [5, 5.41) is 4.56. The second kappa shape index (κ2) is 5.56. The molecule has 5 heteroatoms. The Hall–Kier alpha value is -2.30. The molecule has 19 heavy (non-hydrogen) atoms. The summed E-state index contributed by atoms with van der Waals surface area (Å²) in [4.78, 5) is 17.7. The molecule has 0 fully saturated rings. The standard InChI is InChI=1S/C14H18N4O/c1-3-18(9-14(19)16-2)13-5-4-12(15)10-6-7-17-8-11(10)13/h4-8H,3,9,15H2,1-2H3,(H,16,19). The maximum absolute atomic E-state index is 11.6. The highest BCUT2D eigenvalue weighted by Gasteiger charge is 2.12. The minimum atomic E-state index is -0.0179. The largest absolute Gasteiger partial charge is 0.398 e. The van der Waals surface area contributed by atoms with Crippen molar-refractivity contribution in [2.24, 2.45) is 0 Å². The molecule has 5 nitrogen and oxygen atoms in total. The fourth-order valence-corrected chi connectivity index (χ4v) is 2.09. The number of nitrogens with one attached hydrogen (secondary N) is 1. The van der Waals surface area contributed by atoms with Gasteiger partial charge in [-0.15, -0.1) is 0 Å². The van der Waals surface area contributed by atoms with Crippen LogP contribution in [0.2, 0.25) is 0 Å². The van der Waals surface area contributed by atoms with E-state index in [2.05, 4.69) is 10.3 Å². The van der Waals surface area contributed by atoms with E-state index in [0.29, 0.717) is 6.54 Å². The molecular weight excluding hydrogens is 240 g/mol. The summed E-state index contributed by atoms with van der Waals surface area (Å²) in [5.74, 6) is -0.0179. The van der Waals surface area contributed by atoms with E-state index in [4.69, 9.17) is 5.73 Å². The van der Waals surface area contributed by atoms with Gasteiger partial charge in [-0.1, -0.05) is 0 Å². The van der Waals surface area contributed by atoms with Gasteiger partial charge in [0.2, 0.25) is 5.91 Å². The van der Waals surface area contributed by atoms with E-state index in [0.717, 1.165) is 28.7 Å². The number of nitrogens with two attached hydrogens (primary N) is 1. The summed E-state index contributed by atoms with van der Waals surface area (Å²) in [6, 6.07) is 5.69. The molecule has 0 atom stereocenters. The summed E-state index contributed by atoms with van der Waals surface area (Å²) in [6.07, 6.45) is 3.51. The zero-order valence-corrected chi connectivity index (χ0v) is 11.2. The molecule has 0 spiro atoms. The summed E-state index contributed by atoms with van der Waals surface area (Å²) in [5.41, 5.74) is 7.66. The molecule has 1 amide bonds. The predicted octanol–water partition coefficient (Wildman–Crippen LogP) is 1.39. The van der Waals surface area contributed by atoms with Crippen LogP contribution in [-0.2, 0) is 4.79 Å². The lowest BCUT2D eigenvalue weighted by atomic mass is 10.1. The zero-order chi connectivity index (χ0) is 13.8. The van der Waals surface area contributed by atoms with Gasteiger partial charge in [-0.25, -0.2) is 0 Å². The minimum Gasteiger partial charge on any atom is -0.398 e. The van der Waals surface area contributed by atoms with E-state index < -0.39 is 0 Å². The third-order valence-corrected chi connectivity index (χ3v) is 3.16. The molecule has 0 saturated heterocycles. The molecule has 1 aromatic heterocycles. The Balaban J connectivity index is 2.49. The number of fused-ring (bicyclic) bond motifs is 1. The smallest absolute Gasteiger partial charge is 0.239 e. The first kappa shape index (κ1) is 13.1. The third-order valence-electron chi connectivity index (χ3n) is 3.16. The number of anilines is 2. The Bertz CT molecular complexity index is 597. The SMILES string of the molecule is CCN(CC(=O)NC)c1ccc(N)c2ccncc12. The van der Waals surface area contributed by atoms with Crippen LogP contribution in [0.1, 0.15) is 6.92 Å². The summed E-state index contributed by atoms with van der Waals surface area (Å²) < 4.78 is 0. The number of likely N-dealkylation sites (N-methyl/N-ethyl adjacent to an activating group) is 2. The predicted molar refractivity (Wildman–Crippen MR) is 78.1 cm³/mol. The van der Waals surface area contributed by atoms with Crippen molar-refractivity contribution in [3.05, 3.63) is 30.6 Å². The second-order valence-electron chi connectivity index (χ2n) is 4.28. The topological polar surface area (TPSA) is 71.2 Å². The van der Waals surface area contributed by atoms with Crippen LogP contribution in [0.25, 0.3) is 10.8 Å². The lowest BCUT2D eigenvalue weighted by Gasteiger charge is -2.24. The molecule has 0 aliphatic heterocycles. The second-order valence-corrected chi connectivity index (χ2v) is 4.28. The molecule has 3 N–H and O–H groups in total. The molecule has 1 aromatic carbocycles. The van der Waals surface area contributed by atoms with Gasteiger partial charge in [-0.2, -0.15) is 0 Å². The van der Waals surface area contributed by atoms with Gasteiger partial charge in [0.1, 0.15) is 0 Å². The van der Waals surface area contributed by atoms with Gasteiger partial charge >= 0.3 is 0 Å². The molecule has 1 heterocycles. The lowest BCUT2D eigenvalue weighted by Crippen LogP contribution is -2.35. The molecule has 0 saturated carbocycles. The van der Waals surface area contributed by atoms with Gasteiger partial charge in [0, 0.05) is 48.1 Å². The van der Waals surface area contributed by atoms with Crippen molar-refractivity contribution in [1.29, 1.82) is 0 Å². The van der Waals surface area contributed by atoms with Gasteiger partial charge in [0.15, 0.2) is 0 Å². The summed E-state index contributed by atoms with van der Waals surface area (Å²) in [6.45, 7) is 3.07. The number of aromatic nitrogens is 1. The van der Waals surface area contributed by atoms with E-state index in [1.165, 1.54) is 0 Å². The summed E-state index contributed by atoms with van der Waals surface area (Å²) >= 11 is 0. The van der Waals surface area contributed by atoms with Crippen molar-refractivity contribution in [2.45, 2.75) is 6.92 Å². The Kier molecular flexibility index (Phi) is 3.85. The number of pyridine rings is 1. The van der Waals surface area contributed by atoms with E-state index in [1.54, 1.807) is 19.4 Å². The van der Waals surface area contributed by atoms with E-state index in [-0.39, 0.29) is 5.91 Å². The molecule has 0 radical (unpaired) electrons. The van der Waals surface area contributed by atoms with Crippen LogP contribution in [0.15, 0.2) is 30.6 Å². The third kappa shape index (κ3) is 2.59. The number of nitrogen functional groups attached to an aromatic ring is 1. The number of nitrogens with zero attached hydrogens (tertiary/aromatic N) is 2. The molecule has 0 aliphatic carbocycles. The van der Waals surface area contributed by atoms with Crippen molar-refractivity contribution >= 4 is 28.1 Å². The van der Waals surface area contributed by atoms with E-state index in [9.17, 15) is 4.79 Å². The molecular formula is C14H18N4O. The molecule has 0 aliphatic rings. The van der Waals surface area contributed by atoms with Crippen LogP contribution >= 0.6 is 0 Å². The average molecular weight is 258 g/mol. The molecule has 0 unspecified atom stereocenters. The number of carbonyl (C=O) groups is 1. The molecule has 100 valence electrons. The van der Waals surface area contributed by atoms with E-state index >= 15 is 0 Å². The van der Waals surface area contributed by atoms with Crippen molar-refractivity contribution in [3.63, 3.8) is 0 Å². The summed E-state index contributed by atoms with van der Waals surface area (Å²) in [7, 11) is 1.64. The Morgan fingerprint density at radius 3 is 2.84 bits per heavy atom. The first-order chi connectivity index (χ1) is 9.17. The molecule has 2 aromatic rings. The number of benzene rings is 1. The monoisotopic (exact) mass is 258 g/mol. The molecule has 2 rings (SSSR count). The van der Waals surface area contributed by atoms with Crippen LogP contribution in [0.3, 0.4) is 0 Å². The van der Waals surface area contributed by atoms with E-state index in [1.807, 2.05) is 30.0 Å². The first-order valence-corrected chi connectivity index (χ1v) is 6.25. The number of rotatable bonds is 4. The van der Waals surface area contributed by atoms with Gasteiger partial charge in [0.25, 0.3) is 0 Å². The Labute approximate surface area is 112 Å². The van der Waals surface area contributed by atoms with Crippen LogP contribution in [-0.4, -0.2) is 31.0 Å². The van der Waals surface area contributed by atoms with Crippen LogP contribution in [0.5, 0.6) is 0 Å². The molecule has 0 bridgehead atoms. The van der Waals surface area contributed by atoms with Gasteiger partial charge in [-0.3, -0.25) is 9.78 Å². The van der Waals surface area contributed by atoms with Crippen LogP contribution < -0.4 is 16.0 Å². The fourth-order valence-electron chi connectivity index (χ4n) is 2.09. The number of amides is 1. The maximum Gasteiger partial charge on any atom is 0.239 e. The highest BCUT2D eigenvalue weighted by Crippen LogP contribution is 2.29. The van der Waals surface area contributed by atoms with Crippen molar-refractivity contribution in [3.8, 4) is 0 Å². The fraction of sp³-hybridized carbons (Fsp3) is 0.286. The zero-order valence-electron chi connectivity index (χ0n) is 11.2. The van der Waals surface area contributed by atoms with Gasteiger partial charge < -0.3 is 16.0 Å². The lowest BCUT2D eigenvalue weighted by molar-refractivity contribution is -0.119. The average Bonchev–Trinajstić information content (AvgIpc) is 2.45. The normalized spacial score (nSPS) is 10.4. The number of hydrogen-bond acceptors (Lipinski definition) is 4. The first-order valence-electron chi connectivity index (χ1n) is 6.25. The minimum absolute atomic E-state index is 0.0179. The van der Waals surface area contributed by atoms with Crippen molar-refractivity contribution in [2.75, 3.05) is 30.8 Å². The van der Waals surface area contributed by atoms with Crippen LogP contribution in [0.4, 0.5) is 11.4 Å². The quantitative estimate of drug-likeness (QED) is 0.813. The number of carbonyl (C=O) groups excluding carboxylic acids is 1. The van der Waals surface area contributed by atoms with Crippen molar-refractivity contribution < 1.29 is 4.79 Å². The maximum atomic E-state index is 11.6. The highest BCUT2D eigenvalue weighted by molar-refractivity contribution is 6.01. The number of hydrogen-bond donors (Lipinski definition) is 2. The van der Waals surface area contributed by atoms with Gasteiger partial charge in [-0.05, 0) is 25.1 Å².